The van der Waals surface area contributed by atoms with Gasteiger partial charge in [-0.2, -0.15) is 13.2 Å². The van der Waals surface area contributed by atoms with E-state index in [1.165, 1.54) is 18.2 Å². The molecule has 20 heavy (non-hydrogen) atoms. The lowest BCUT2D eigenvalue weighted by molar-refractivity contribution is -0.140. The molecule has 2 rings (SSSR count). The Balaban J connectivity index is 2.60. The van der Waals surface area contributed by atoms with Crippen LogP contribution in [0.5, 0.6) is 5.75 Å². The van der Waals surface area contributed by atoms with Gasteiger partial charge in [-0.1, -0.05) is 0 Å². The van der Waals surface area contributed by atoms with Crippen molar-refractivity contribution < 1.29 is 18.3 Å². The van der Waals surface area contributed by atoms with E-state index in [1.54, 1.807) is 0 Å². The zero-order chi connectivity index (χ0) is 15.1. The molecular weight excluding hydrogens is 335 g/mol. The van der Waals surface area contributed by atoms with Crippen molar-refractivity contribution in [2.24, 2.45) is 0 Å². The van der Waals surface area contributed by atoms with Gasteiger partial charge in [-0.25, -0.2) is 4.98 Å². The van der Waals surface area contributed by atoms with Crippen molar-refractivity contribution in [3.8, 4) is 17.1 Å². The summed E-state index contributed by atoms with van der Waals surface area (Å²) < 4.78 is 39.5. The van der Waals surface area contributed by atoms with E-state index in [9.17, 15) is 18.3 Å². The van der Waals surface area contributed by atoms with Gasteiger partial charge in [0.1, 0.15) is 11.6 Å². The molecule has 0 spiro atoms. The lowest BCUT2D eigenvalue weighted by Crippen LogP contribution is -2.09. The number of aromatic nitrogens is 2. The Hall–Kier alpha value is -1.37. The highest BCUT2D eigenvalue weighted by molar-refractivity contribution is 9.10. The number of phenolic OH excluding ortho intramolecular Hbond substituents is 1. The van der Waals surface area contributed by atoms with Crippen LogP contribution < -0.4 is 0 Å². The van der Waals surface area contributed by atoms with E-state index in [-0.39, 0.29) is 17.1 Å². The Kier molecular flexibility index (Phi) is 3.90. The van der Waals surface area contributed by atoms with Crippen molar-refractivity contribution in [2.75, 3.05) is 0 Å². The van der Waals surface area contributed by atoms with Crippen LogP contribution in [0, 0.1) is 0 Å². The molecular formula is C11H6B2BrF3N2O. The fourth-order valence-electron chi connectivity index (χ4n) is 1.62. The van der Waals surface area contributed by atoms with Crippen LogP contribution in [-0.2, 0) is 6.18 Å². The third-order valence-corrected chi connectivity index (χ3v) is 3.22. The smallest absolute Gasteiger partial charge is 0.434 e. The molecule has 9 heteroatoms. The summed E-state index contributed by atoms with van der Waals surface area (Å²) in [5.74, 6) is -1.38. The number of halogens is 4. The van der Waals surface area contributed by atoms with Gasteiger partial charge in [0, 0.05) is 11.8 Å². The number of hydrogen-bond acceptors (Lipinski definition) is 2. The van der Waals surface area contributed by atoms with Crippen LogP contribution >= 0.6 is 15.9 Å². The van der Waals surface area contributed by atoms with E-state index in [2.05, 4.69) is 20.9 Å². The fraction of sp³-hybridized carbons (Fsp3) is 0.182. The molecule has 0 saturated heterocycles. The molecule has 1 heterocycles. The average molecular weight is 341 g/mol. The molecule has 0 fully saturated rings. The molecule has 1 aromatic carbocycles. The Morgan fingerprint density at radius 3 is 2.45 bits per heavy atom. The summed E-state index contributed by atoms with van der Waals surface area (Å²) >= 11 is 3.08. The zero-order valence-electron chi connectivity index (χ0n) is 9.89. The first-order valence-electron chi connectivity index (χ1n) is 5.36. The molecule has 0 aliphatic carbocycles. The first-order valence-corrected chi connectivity index (χ1v) is 6.15. The van der Waals surface area contributed by atoms with Crippen molar-refractivity contribution in [1.29, 1.82) is 0 Å². The van der Waals surface area contributed by atoms with E-state index in [0.717, 1.165) is 10.8 Å². The molecule has 1 aromatic heterocycles. The molecule has 0 amide bonds. The molecule has 0 bridgehead atoms. The number of imidazole rings is 1. The van der Waals surface area contributed by atoms with Crippen LogP contribution in [0.1, 0.15) is 11.5 Å². The second-order valence-corrected chi connectivity index (χ2v) is 4.87. The van der Waals surface area contributed by atoms with E-state index in [4.69, 9.17) is 15.7 Å². The number of benzene rings is 1. The van der Waals surface area contributed by atoms with Gasteiger partial charge in [-0.15, -0.1) is 0 Å². The quantitative estimate of drug-likeness (QED) is 0.854. The third kappa shape index (κ3) is 2.87. The van der Waals surface area contributed by atoms with Crippen molar-refractivity contribution in [3.63, 3.8) is 0 Å². The number of hydrogen-bond donors (Lipinski definition) is 1. The number of aromatic hydroxyl groups is 1. The highest BCUT2D eigenvalue weighted by atomic mass is 79.9. The molecule has 1 N–H and O–H groups in total. The van der Waals surface area contributed by atoms with Crippen LogP contribution in [0.4, 0.5) is 13.2 Å². The van der Waals surface area contributed by atoms with Gasteiger partial charge < -0.3 is 9.67 Å². The molecule has 0 aliphatic heterocycles. The molecule has 2 aromatic rings. The third-order valence-electron chi connectivity index (χ3n) is 2.55. The summed E-state index contributed by atoms with van der Waals surface area (Å²) in [5.41, 5.74) is -0.835. The van der Waals surface area contributed by atoms with Gasteiger partial charge in [-0.3, -0.25) is 0 Å². The molecule has 3 nitrogen and oxygen atoms in total. The van der Waals surface area contributed by atoms with E-state index in [1.807, 2.05) is 0 Å². The Labute approximate surface area is 123 Å². The lowest BCUT2D eigenvalue weighted by Gasteiger charge is -2.12. The number of alkyl halides is 3. The molecule has 4 radical (unpaired) electrons. The van der Waals surface area contributed by atoms with Gasteiger partial charge >= 0.3 is 6.18 Å². The van der Waals surface area contributed by atoms with Crippen LogP contribution in [-0.4, -0.2) is 30.4 Å². The maximum absolute atomic E-state index is 12.7. The predicted octanol–water partition coefficient (Wildman–Crippen LogP) is 2.83. The van der Waals surface area contributed by atoms with Crippen LogP contribution in [0.25, 0.3) is 11.4 Å². The minimum Gasteiger partial charge on any atom is -0.507 e. The SMILES string of the molecule is [B]C([B])n1cc(C(F)(F)F)nc1-c1ccc(Br)c(O)c1. The normalized spacial score (nSPS) is 12.1. The lowest BCUT2D eigenvalue weighted by atomic mass is 9.78. The maximum atomic E-state index is 12.7. The first kappa shape index (κ1) is 15.0. The average Bonchev–Trinajstić information content (AvgIpc) is 2.77. The summed E-state index contributed by atoms with van der Waals surface area (Å²) in [5, 5.41) is 9.59. The highest BCUT2D eigenvalue weighted by Crippen LogP contribution is 2.34. The summed E-state index contributed by atoms with van der Waals surface area (Å²) in [7, 11) is 10.9. The van der Waals surface area contributed by atoms with E-state index < -0.39 is 17.7 Å². The van der Waals surface area contributed by atoms with Gasteiger partial charge in [0.2, 0.25) is 0 Å². The van der Waals surface area contributed by atoms with Gasteiger partial charge in [-0.05, 0) is 40.0 Å². The second-order valence-electron chi connectivity index (χ2n) is 4.01. The van der Waals surface area contributed by atoms with Crippen LogP contribution in [0.2, 0.25) is 0 Å². The topological polar surface area (TPSA) is 38.0 Å². The van der Waals surface area contributed by atoms with Gasteiger partial charge in [0.25, 0.3) is 0 Å². The molecule has 100 valence electrons. The van der Waals surface area contributed by atoms with Gasteiger partial charge in [0.15, 0.2) is 5.69 Å². The van der Waals surface area contributed by atoms with Crippen molar-refractivity contribution in [2.45, 2.75) is 12.0 Å². The molecule has 0 unspecified atom stereocenters. The fourth-order valence-corrected chi connectivity index (χ4v) is 1.87. The maximum Gasteiger partial charge on any atom is 0.434 e. The van der Waals surface area contributed by atoms with Crippen LogP contribution in [0.15, 0.2) is 28.9 Å². The highest BCUT2D eigenvalue weighted by Gasteiger charge is 2.35. The van der Waals surface area contributed by atoms with Crippen molar-refractivity contribution in [1.82, 2.24) is 9.55 Å². The Bertz CT molecular complexity index is 643. The second kappa shape index (κ2) is 5.20. The standard InChI is InChI=1S/C11H6B2BrF3N2O/c12-10(13)19-4-8(11(15,16)17)18-9(19)5-1-2-6(14)7(20)3-5/h1-4,10,20H. The van der Waals surface area contributed by atoms with Crippen molar-refractivity contribution >= 4 is 31.6 Å². The predicted molar refractivity (Wildman–Crippen MR) is 72.6 cm³/mol. The number of rotatable bonds is 2. The first-order chi connectivity index (χ1) is 9.20. The van der Waals surface area contributed by atoms with Gasteiger partial charge in [0.05, 0.1) is 20.2 Å². The van der Waals surface area contributed by atoms with E-state index in [0.29, 0.717) is 4.47 Å². The van der Waals surface area contributed by atoms with Crippen LogP contribution in [0.3, 0.4) is 0 Å². The number of phenols is 1. The Morgan fingerprint density at radius 1 is 1.30 bits per heavy atom. The summed E-state index contributed by atoms with van der Waals surface area (Å²) in [6.07, 6.45) is -3.87. The zero-order valence-corrected chi connectivity index (χ0v) is 11.5. The largest absolute Gasteiger partial charge is 0.507 e. The monoisotopic (exact) mass is 340 g/mol. The molecule has 0 saturated carbocycles. The molecule has 0 atom stereocenters. The van der Waals surface area contributed by atoms with Crippen molar-refractivity contribution in [3.05, 3.63) is 34.6 Å². The Morgan fingerprint density at radius 2 is 1.95 bits per heavy atom. The molecule has 0 aliphatic rings. The minimum atomic E-state index is -4.60. The minimum absolute atomic E-state index is 0.0740. The summed E-state index contributed by atoms with van der Waals surface area (Å²) in [6, 6.07) is 4.25. The summed E-state index contributed by atoms with van der Waals surface area (Å²) in [4.78, 5) is 3.50. The summed E-state index contributed by atoms with van der Waals surface area (Å²) in [6.45, 7) is 0. The van der Waals surface area contributed by atoms with E-state index >= 15 is 0 Å². The number of nitrogens with zero attached hydrogens (tertiary/aromatic N) is 2.